The number of hydrogen-bond donors (Lipinski definition) is 1. The number of thioether (sulfide) groups is 1. The molecule has 1 N–H and O–H groups in total. The zero-order valence-electron chi connectivity index (χ0n) is 19.4. The lowest BCUT2D eigenvalue weighted by Gasteiger charge is -2.13. The van der Waals surface area contributed by atoms with Crippen LogP contribution in [0.1, 0.15) is 58.1 Å². The number of amides is 1. The van der Waals surface area contributed by atoms with Gasteiger partial charge in [0.1, 0.15) is 5.00 Å². The van der Waals surface area contributed by atoms with Crippen LogP contribution in [0.2, 0.25) is 0 Å². The van der Waals surface area contributed by atoms with Crippen molar-refractivity contribution < 1.29 is 14.3 Å². The maximum absolute atomic E-state index is 12.7. The lowest BCUT2D eigenvalue weighted by Crippen LogP contribution is -2.17. The van der Waals surface area contributed by atoms with Gasteiger partial charge < -0.3 is 10.1 Å². The lowest BCUT2D eigenvalue weighted by molar-refractivity contribution is -0.113. The molecule has 0 aliphatic carbocycles. The number of carbonyl (C=O) groups is 2. The number of carbonyl (C=O) groups excluding carboxylic acids is 2. The highest BCUT2D eigenvalue weighted by molar-refractivity contribution is 7.99. The first-order chi connectivity index (χ1) is 15.2. The molecular weight excluding hydrogens is 464 g/mol. The van der Waals surface area contributed by atoms with Gasteiger partial charge in [0.15, 0.2) is 11.0 Å². The zero-order valence-corrected chi connectivity index (χ0v) is 21.8. The summed E-state index contributed by atoms with van der Waals surface area (Å²) in [6, 6.07) is 0.142. The van der Waals surface area contributed by atoms with Gasteiger partial charge in [0.05, 0.1) is 18.4 Å². The minimum Gasteiger partial charge on any atom is -0.465 e. The molecule has 3 aromatic heterocycles. The van der Waals surface area contributed by atoms with Crippen LogP contribution in [0.15, 0.2) is 10.5 Å². The topological polar surface area (TPSA) is 86.1 Å². The Balaban J connectivity index is 1.79. The molecule has 3 heterocycles. The van der Waals surface area contributed by atoms with E-state index in [2.05, 4.69) is 53.2 Å². The second-order valence-corrected chi connectivity index (χ2v) is 10.9. The summed E-state index contributed by atoms with van der Waals surface area (Å²) in [6.45, 7) is 12.3. The Hall–Kier alpha value is -2.17. The smallest absolute Gasteiger partial charge is 0.341 e. The molecule has 0 spiro atoms. The highest BCUT2D eigenvalue weighted by Gasteiger charge is 2.24. The van der Waals surface area contributed by atoms with Gasteiger partial charge in [-0.2, -0.15) is 0 Å². The van der Waals surface area contributed by atoms with Crippen molar-refractivity contribution >= 4 is 51.3 Å². The van der Waals surface area contributed by atoms with Gasteiger partial charge in [-0.05, 0) is 52.2 Å². The number of anilines is 1. The van der Waals surface area contributed by atoms with Crippen LogP contribution in [0, 0.1) is 20.8 Å². The highest BCUT2D eigenvalue weighted by atomic mass is 32.2. The van der Waals surface area contributed by atoms with Crippen LogP contribution < -0.4 is 5.32 Å². The number of aromatic nitrogens is 3. The zero-order chi connectivity index (χ0) is 23.6. The molecule has 0 aliphatic rings. The van der Waals surface area contributed by atoms with Gasteiger partial charge in [-0.25, -0.2) is 4.79 Å². The number of rotatable bonds is 8. The first-order valence-corrected chi connectivity index (χ1v) is 13.0. The number of hydrogen-bond acceptors (Lipinski definition) is 8. The average molecular weight is 493 g/mol. The number of thiophene rings is 2. The van der Waals surface area contributed by atoms with Crippen LogP contribution in [0.25, 0.3) is 11.4 Å². The third-order valence-corrected chi connectivity index (χ3v) is 8.26. The minimum absolute atomic E-state index is 0.142. The monoisotopic (exact) mass is 492 g/mol. The van der Waals surface area contributed by atoms with Crippen molar-refractivity contribution in [2.24, 2.45) is 0 Å². The molecule has 0 aliphatic heterocycles. The standard InChI is InChI=1S/C22H28N4O3S3/c1-8-15-14(6)32-20(18(15)21(28)29-7)23-17(27)10-31-22-25-24-19(26(22)11(2)3)16-9-30-13(5)12(16)4/h9,11H,8,10H2,1-7H3,(H,23,27). The lowest BCUT2D eigenvalue weighted by atomic mass is 10.1. The molecule has 0 bridgehead atoms. The van der Waals surface area contributed by atoms with E-state index >= 15 is 0 Å². The van der Waals surface area contributed by atoms with Crippen molar-refractivity contribution in [3.05, 3.63) is 31.8 Å². The molecule has 10 heteroatoms. The fourth-order valence-corrected chi connectivity index (χ4v) is 6.34. The van der Waals surface area contributed by atoms with Crippen molar-refractivity contribution in [1.82, 2.24) is 14.8 Å². The maximum atomic E-state index is 12.7. The van der Waals surface area contributed by atoms with E-state index in [0.717, 1.165) is 21.8 Å². The van der Waals surface area contributed by atoms with E-state index in [4.69, 9.17) is 4.74 Å². The van der Waals surface area contributed by atoms with Crippen LogP contribution in [0.4, 0.5) is 5.00 Å². The van der Waals surface area contributed by atoms with Crippen LogP contribution in [0.5, 0.6) is 0 Å². The summed E-state index contributed by atoms with van der Waals surface area (Å²) in [7, 11) is 1.35. The molecule has 172 valence electrons. The van der Waals surface area contributed by atoms with Gasteiger partial charge in [0.25, 0.3) is 0 Å². The van der Waals surface area contributed by atoms with Gasteiger partial charge in [-0.15, -0.1) is 32.9 Å². The highest BCUT2D eigenvalue weighted by Crippen LogP contribution is 2.35. The fraction of sp³-hybridized carbons (Fsp3) is 0.455. The van der Waals surface area contributed by atoms with Crippen molar-refractivity contribution in [2.75, 3.05) is 18.2 Å². The number of aryl methyl sites for hydroxylation is 2. The Labute approximate surface area is 200 Å². The van der Waals surface area contributed by atoms with Crippen LogP contribution in [-0.2, 0) is 16.0 Å². The van der Waals surface area contributed by atoms with E-state index < -0.39 is 5.97 Å². The Morgan fingerprint density at radius 3 is 2.50 bits per heavy atom. The molecular formula is C22H28N4O3S3. The van der Waals surface area contributed by atoms with E-state index in [1.165, 1.54) is 40.6 Å². The summed E-state index contributed by atoms with van der Waals surface area (Å²) in [5, 5.41) is 15.0. The maximum Gasteiger partial charge on any atom is 0.341 e. The van der Waals surface area contributed by atoms with E-state index in [0.29, 0.717) is 22.1 Å². The van der Waals surface area contributed by atoms with Gasteiger partial charge in [-0.1, -0.05) is 18.7 Å². The molecule has 1 amide bonds. The molecule has 0 unspecified atom stereocenters. The van der Waals surface area contributed by atoms with Gasteiger partial charge >= 0.3 is 5.97 Å². The average Bonchev–Trinajstić information content (AvgIpc) is 3.41. The first kappa shape index (κ1) is 24.5. The summed E-state index contributed by atoms with van der Waals surface area (Å²) >= 11 is 4.43. The van der Waals surface area contributed by atoms with E-state index in [-0.39, 0.29) is 17.7 Å². The Kier molecular flexibility index (Phi) is 7.79. The second-order valence-electron chi connectivity index (χ2n) is 7.62. The van der Waals surface area contributed by atoms with Gasteiger partial charge in [0, 0.05) is 26.7 Å². The summed E-state index contributed by atoms with van der Waals surface area (Å²) in [5.41, 5.74) is 3.64. The van der Waals surface area contributed by atoms with Crippen molar-refractivity contribution in [2.45, 2.75) is 59.2 Å². The van der Waals surface area contributed by atoms with Crippen LogP contribution in [0.3, 0.4) is 0 Å². The van der Waals surface area contributed by atoms with Crippen molar-refractivity contribution in [3.8, 4) is 11.4 Å². The Morgan fingerprint density at radius 2 is 1.94 bits per heavy atom. The second kappa shape index (κ2) is 10.2. The molecule has 7 nitrogen and oxygen atoms in total. The number of nitrogens with zero attached hydrogens (tertiary/aromatic N) is 3. The molecule has 0 saturated heterocycles. The van der Waals surface area contributed by atoms with Gasteiger partial charge in [0.2, 0.25) is 5.91 Å². The molecule has 0 saturated carbocycles. The van der Waals surface area contributed by atoms with E-state index in [9.17, 15) is 9.59 Å². The molecule has 3 rings (SSSR count). The number of ether oxygens (including phenoxy) is 1. The summed E-state index contributed by atoms with van der Waals surface area (Å²) < 4.78 is 7.00. The Bertz CT molecular complexity index is 1140. The molecule has 0 radical (unpaired) electrons. The predicted molar refractivity (Wildman–Crippen MR) is 132 cm³/mol. The molecule has 0 aromatic carbocycles. The Morgan fingerprint density at radius 1 is 1.22 bits per heavy atom. The summed E-state index contributed by atoms with van der Waals surface area (Å²) in [4.78, 5) is 27.3. The normalized spacial score (nSPS) is 11.2. The molecule has 32 heavy (non-hydrogen) atoms. The summed E-state index contributed by atoms with van der Waals surface area (Å²) in [5.74, 6) is 0.344. The van der Waals surface area contributed by atoms with Crippen molar-refractivity contribution in [1.29, 1.82) is 0 Å². The quantitative estimate of drug-likeness (QED) is 0.323. The number of methoxy groups -OCH3 is 1. The van der Waals surface area contributed by atoms with Crippen LogP contribution in [-0.4, -0.2) is 39.5 Å². The van der Waals surface area contributed by atoms with Crippen LogP contribution >= 0.6 is 34.4 Å². The summed E-state index contributed by atoms with van der Waals surface area (Å²) in [6.07, 6.45) is 0.694. The van der Waals surface area contributed by atoms with E-state index in [1.807, 2.05) is 13.8 Å². The third-order valence-electron chi connectivity index (χ3n) is 5.24. The largest absolute Gasteiger partial charge is 0.465 e. The number of esters is 1. The van der Waals surface area contributed by atoms with Crippen molar-refractivity contribution in [3.63, 3.8) is 0 Å². The van der Waals surface area contributed by atoms with Gasteiger partial charge in [-0.3, -0.25) is 9.36 Å². The van der Waals surface area contributed by atoms with E-state index in [1.54, 1.807) is 11.3 Å². The third kappa shape index (κ3) is 4.77. The SMILES string of the molecule is CCc1c(C)sc(NC(=O)CSc2nnc(-c3csc(C)c3C)n2C(C)C)c1C(=O)OC. The molecule has 0 fully saturated rings. The first-order valence-electron chi connectivity index (χ1n) is 10.3. The fourth-order valence-electron chi connectivity index (χ4n) is 3.46. The molecule has 0 atom stereocenters. The molecule has 3 aromatic rings. The minimum atomic E-state index is -0.431. The predicted octanol–water partition coefficient (Wildman–Crippen LogP) is 5.65. The number of nitrogens with one attached hydrogen (secondary N) is 1.